The van der Waals surface area contributed by atoms with Crippen molar-refractivity contribution < 1.29 is 5.11 Å². The molecule has 0 radical (unpaired) electrons. The number of phenolic OH excluding ortho intramolecular Hbond substituents is 1. The minimum absolute atomic E-state index is 0.304. The van der Waals surface area contributed by atoms with E-state index in [-0.39, 0.29) is 0 Å². The first-order valence-corrected chi connectivity index (χ1v) is 5.04. The van der Waals surface area contributed by atoms with Crippen molar-refractivity contribution in [1.29, 1.82) is 0 Å². The van der Waals surface area contributed by atoms with Crippen LogP contribution in [0.3, 0.4) is 0 Å². The van der Waals surface area contributed by atoms with Crippen LogP contribution >= 0.6 is 0 Å². The van der Waals surface area contributed by atoms with Gasteiger partial charge in [-0.1, -0.05) is 0 Å². The minimum Gasteiger partial charge on any atom is -0.508 e. The summed E-state index contributed by atoms with van der Waals surface area (Å²) < 4.78 is 2.19. The Hall–Kier alpha value is -1.70. The first kappa shape index (κ1) is 9.84. The molecule has 1 N–H and O–H groups in total. The summed E-state index contributed by atoms with van der Waals surface area (Å²) in [6, 6.07) is 9.44. The lowest BCUT2D eigenvalue weighted by Crippen LogP contribution is -1.98. The van der Waals surface area contributed by atoms with Gasteiger partial charge in [-0.3, -0.25) is 0 Å². The molecule has 0 aliphatic carbocycles. The number of benzene rings is 1. The Kier molecular flexibility index (Phi) is 2.27. The fourth-order valence-electron chi connectivity index (χ4n) is 1.92. The van der Waals surface area contributed by atoms with Gasteiger partial charge >= 0.3 is 0 Å². The van der Waals surface area contributed by atoms with Crippen molar-refractivity contribution in [3.63, 3.8) is 0 Å². The van der Waals surface area contributed by atoms with Crippen LogP contribution in [0.2, 0.25) is 0 Å². The molecule has 1 aromatic heterocycles. The van der Waals surface area contributed by atoms with Crippen LogP contribution in [0.25, 0.3) is 5.69 Å². The number of aromatic nitrogens is 1. The lowest BCUT2D eigenvalue weighted by atomic mass is 10.2. The molecule has 2 nitrogen and oxygen atoms in total. The molecule has 2 heteroatoms. The summed E-state index contributed by atoms with van der Waals surface area (Å²) in [5.74, 6) is 0.304. The van der Waals surface area contributed by atoms with Crippen molar-refractivity contribution in [2.45, 2.75) is 20.8 Å². The molecule has 15 heavy (non-hydrogen) atoms. The number of nitrogens with zero attached hydrogens (tertiary/aromatic N) is 1. The zero-order valence-electron chi connectivity index (χ0n) is 9.28. The number of phenols is 1. The van der Waals surface area contributed by atoms with Gasteiger partial charge in [-0.05, 0) is 56.7 Å². The van der Waals surface area contributed by atoms with E-state index in [4.69, 9.17) is 0 Å². The van der Waals surface area contributed by atoms with Crippen molar-refractivity contribution in [3.8, 4) is 11.4 Å². The molecule has 0 spiro atoms. The van der Waals surface area contributed by atoms with Crippen molar-refractivity contribution in [1.82, 2.24) is 4.57 Å². The van der Waals surface area contributed by atoms with Gasteiger partial charge in [0.15, 0.2) is 0 Å². The molecule has 1 aromatic carbocycles. The number of hydrogen-bond acceptors (Lipinski definition) is 1. The van der Waals surface area contributed by atoms with Gasteiger partial charge in [-0.25, -0.2) is 0 Å². The summed E-state index contributed by atoms with van der Waals surface area (Å²) >= 11 is 0. The van der Waals surface area contributed by atoms with Crippen molar-refractivity contribution in [2.75, 3.05) is 0 Å². The Labute approximate surface area is 89.8 Å². The Morgan fingerprint density at radius 2 is 1.60 bits per heavy atom. The third kappa shape index (κ3) is 1.63. The first-order valence-electron chi connectivity index (χ1n) is 5.04. The lowest BCUT2D eigenvalue weighted by Gasteiger charge is -2.09. The average Bonchev–Trinajstić information content (AvgIpc) is 2.44. The van der Waals surface area contributed by atoms with Crippen LogP contribution in [0.5, 0.6) is 5.75 Å². The quantitative estimate of drug-likeness (QED) is 0.753. The van der Waals surface area contributed by atoms with Gasteiger partial charge in [0.05, 0.1) is 0 Å². The molecule has 2 aromatic rings. The summed E-state index contributed by atoms with van der Waals surface area (Å²) in [6.07, 6.45) is 0. The average molecular weight is 201 g/mol. The Morgan fingerprint density at radius 3 is 2.07 bits per heavy atom. The Bertz CT molecular complexity index is 480. The number of rotatable bonds is 1. The highest BCUT2D eigenvalue weighted by atomic mass is 16.3. The summed E-state index contributed by atoms with van der Waals surface area (Å²) in [6.45, 7) is 6.31. The van der Waals surface area contributed by atoms with E-state index in [0.29, 0.717) is 5.75 Å². The van der Waals surface area contributed by atoms with Crippen LogP contribution < -0.4 is 0 Å². The van der Waals surface area contributed by atoms with Gasteiger partial charge in [-0.2, -0.15) is 0 Å². The van der Waals surface area contributed by atoms with E-state index in [2.05, 4.69) is 31.4 Å². The van der Waals surface area contributed by atoms with E-state index < -0.39 is 0 Å². The molecule has 1 heterocycles. The van der Waals surface area contributed by atoms with Gasteiger partial charge in [0, 0.05) is 17.1 Å². The highest BCUT2D eigenvalue weighted by Gasteiger charge is 2.06. The van der Waals surface area contributed by atoms with Gasteiger partial charge in [0.2, 0.25) is 0 Å². The van der Waals surface area contributed by atoms with Crippen molar-refractivity contribution >= 4 is 0 Å². The number of aryl methyl sites for hydroxylation is 2. The molecule has 0 amide bonds. The van der Waals surface area contributed by atoms with Crippen molar-refractivity contribution in [3.05, 3.63) is 47.3 Å². The minimum atomic E-state index is 0.304. The predicted molar refractivity (Wildman–Crippen MR) is 61.6 cm³/mol. The molecule has 0 bridgehead atoms. The second kappa shape index (κ2) is 3.46. The van der Waals surface area contributed by atoms with Crippen LogP contribution in [-0.2, 0) is 0 Å². The van der Waals surface area contributed by atoms with E-state index in [0.717, 1.165) is 5.69 Å². The molecule has 0 fully saturated rings. The summed E-state index contributed by atoms with van der Waals surface area (Å²) in [5, 5.41) is 9.24. The zero-order chi connectivity index (χ0) is 11.0. The summed E-state index contributed by atoms with van der Waals surface area (Å²) in [5.41, 5.74) is 4.85. The highest BCUT2D eigenvalue weighted by molar-refractivity contribution is 5.42. The molecule has 0 atom stereocenters. The molecule has 0 unspecified atom stereocenters. The molecular weight excluding hydrogens is 186 g/mol. The predicted octanol–water partition coefficient (Wildman–Crippen LogP) is 3.11. The standard InChI is InChI=1S/C13H15NO/c1-9-8-10(2)14(11(9)3)12-4-6-13(15)7-5-12/h4-8,15H,1-3H3. The maximum absolute atomic E-state index is 9.24. The number of hydrogen-bond donors (Lipinski definition) is 1. The van der Waals surface area contributed by atoms with Gasteiger partial charge in [0.25, 0.3) is 0 Å². The maximum atomic E-state index is 9.24. The molecular formula is C13H15NO. The van der Waals surface area contributed by atoms with E-state index in [1.54, 1.807) is 12.1 Å². The van der Waals surface area contributed by atoms with E-state index in [1.807, 2.05) is 12.1 Å². The molecule has 2 rings (SSSR count). The largest absolute Gasteiger partial charge is 0.508 e. The van der Waals surface area contributed by atoms with Crippen LogP contribution in [-0.4, -0.2) is 9.67 Å². The normalized spacial score (nSPS) is 10.6. The zero-order valence-corrected chi connectivity index (χ0v) is 9.28. The lowest BCUT2D eigenvalue weighted by molar-refractivity contribution is 0.475. The molecule has 78 valence electrons. The van der Waals surface area contributed by atoms with Gasteiger partial charge < -0.3 is 9.67 Å². The van der Waals surface area contributed by atoms with Crippen molar-refractivity contribution in [2.24, 2.45) is 0 Å². The van der Waals surface area contributed by atoms with Crippen LogP contribution in [0.15, 0.2) is 30.3 Å². The summed E-state index contributed by atoms with van der Waals surface area (Å²) in [7, 11) is 0. The molecule has 0 saturated heterocycles. The van der Waals surface area contributed by atoms with Crippen LogP contribution in [0.1, 0.15) is 17.0 Å². The smallest absolute Gasteiger partial charge is 0.115 e. The summed E-state index contributed by atoms with van der Waals surface area (Å²) in [4.78, 5) is 0. The topological polar surface area (TPSA) is 25.2 Å². The fraction of sp³-hybridized carbons (Fsp3) is 0.231. The Morgan fingerprint density at radius 1 is 1.00 bits per heavy atom. The SMILES string of the molecule is Cc1cc(C)n(-c2ccc(O)cc2)c1C. The second-order valence-corrected chi connectivity index (χ2v) is 3.91. The molecule has 0 aliphatic heterocycles. The Balaban J connectivity index is 2.58. The van der Waals surface area contributed by atoms with E-state index in [9.17, 15) is 5.11 Å². The monoisotopic (exact) mass is 201 g/mol. The molecule has 0 aliphatic rings. The van der Waals surface area contributed by atoms with Gasteiger partial charge in [0.1, 0.15) is 5.75 Å². The van der Waals surface area contributed by atoms with Crippen LogP contribution in [0.4, 0.5) is 0 Å². The van der Waals surface area contributed by atoms with E-state index >= 15 is 0 Å². The van der Waals surface area contributed by atoms with E-state index in [1.165, 1.54) is 17.0 Å². The third-order valence-electron chi connectivity index (χ3n) is 2.79. The van der Waals surface area contributed by atoms with Crippen LogP contribution in [0, 0.1) is 20.8 Å². The number of aromatic hydroxyl groups is 1. The second-order valence-electron chi connectivity index (χ2n) is 3.91. The fourth-order valence-corrected chi connectivity index (χ4v) is 1.92. The first-order chi connectivity index (χ1) is 7.09. The maximum Gasteiger partial charge on any atom is 0.115 e. The highest BCUT2D eigenvalue weighted by Crippen LogP contribution is 2.21. The molecule has 0 saturated carbocycles. The third-order valence-corrected chi connectivity index (χ3v) is 2.79. The van der Waals surface area contributed by atoms with Gasteiger partial charge in [-0.15, -0.1) is 0 Å².